The van der Waals surface area contributed by atoms with Crippen LogP contribution in [0.5, 0.6) is 0 Å². The van der Waals surface area contributed by atoms with Crippen molar-refractivity contribution < 1.29 is 5.11 Å². The quantitative estimate of drug-likeness (QED) is 0.472. The molecule has 0 amide bonds. The minimum absolute atomic E-state index is 0.338. The van der Waals surface area contributed by atoms with E-state index >= 15 is 0 Å². The van der Waals surface area contributed by atoms with Crippen molar-refractivity contribution in [3.8, 4) is 11.8 Å². The third-order valence-corrected chi connectivity index (χ3v) is 1.91. The van der Waals surface area contributed by atoms with Gasteiger partial charge >= 0.3 is 0 Å². The predicted molar refractivity (Wildman–Crippen MR) is 57.4 cm³/mol. The van der Waals surface area contributed by atoms with Crippen molar-refractivity contribution in [3.05, 3.63) is 12.7 Å². The zero-order valence-corrected chi connectivity index (χ0v) is 8.39. The SMILES string of the molecule is C=CC#CCCCCCCCCO. The number of allylic oxidation sites excluding steroid dienone is 1. The number of hydrogen-bond donors (Lipinski definition) is 1. The summed E-state index contributed by atoms with van der Waals surface area (Å²) in [6, 6.07) is 0. The molecule has 74 valence electrons. The lowest BCUT2D eigenvalue weighted by atomic mass is 10.1. The lowest BCUT2D eigenvalue weighted by Crippen LogP contribution is -1.83. The van der Waals surface area contributed by atoms with Crippen LogP contribution in [0.1, 0.15) is 44.9 Å². The molecule has 1 nitrogen and oxygen atoms in total. The molecule has 0 rings (SSSR count). The Morgan fingerprint density at radius 1 is 1.00 bits per heavy atom. The van der Waals surface area contributed by atoms with Crippen LogP contribution in [-0.2, 0) is 0 Å². The second kappa shape index (κ2) is 11.3. The average Bonchev–Trinajstić information content (AvgIpc) is 2.16. The van der Waals surface area contributed by atoms with E-state index < -0.39 is 0 Å². The van der Waals surface area contributed by atoms with Crippen molar-refractivity contribution in [2.75, 3.05) is 6.61 Å². The maximum atomic E-state index is 8.54. The first-order valence-electron chi connectivity index (χ1n) is 5.12. The van der Waals surface area contributed by atoms with E-state index in [0.29, 0.717) is 6.61 Å². The molecule has 0 unspecified atom stereocenters. The molecule has 0 saturated carbocycles. The molecule has 0 aromatic heterocycles. The highest BCUT2D eigenvalue weighted by atomic mass is 16.2. The minimum Gasteiger partial charge on any atom is -0.396 e. The zero-order chi connectivity index (χ0) is 9.78. The standard InChI is InChI=1S/C12H20O/c1-2-3-4-5-6-7-8-9-10-11-12-13/h2,13H,1,5-12H2. The van der Waals surface area contributed by atoms with Crippen LogP contribution in [0.2, 0.25) is 0 Å². The van der Waals surface area contributed by atoms with E-state index in [1.54, 1.807) is 6.08 Å². The largest absolute Gasteiger partial charge is 0.396 e. The molecule has 0 aliphatic carbocycles. The summed E-state index contributed by atoms with van der Waals surface area (Å²) in [7, 11) is 0. The fourth-order valence-electron chi connectivity index (χ4n) is 1.18. The molecule has 0 bridgehead atoms. The first-order chi connectivity index (χ1) is 6.41. The van der Waals surface area contributed by atoms with Crippen LogP contribution in [0.15, 0.2) is 12.7 Å². The van der Waals surface area contributed by atoms with E-state index in [0.717, 1.165) is 19.3 Å². The molecule has 0 aliphatic heterocycles. The smallest absolute Gasteiger partial charge is 0.0431 e. The molecule has 0 aliphatic rings. The monoisotopic (exact) mass is 180 g/mol. The molecular weight excluding hydrogens is 160 g/mol. The first-order valence-corrected chi connectivity index (χ1v) is 5.12. The van der Waals surface area contributed by atoms with Crippen molar-refractivity contribution in [1.29, 1.82) is 0 Å². The van der Waals surface area contributed by atoms with Gasteiger partial charge in [0.2, 0.25) is 0 Å². The van der Waals surface area contributed by atoms with Gasteiger partial charge in [-0.2, -0.15) is 0 Å². The summed E-state index contributed by atoms with van der Waals surface area (Å²) >= 11 is 0. The highest BCUT2D eigenvalue weighted by Gasteiger charge is 1.88. The molecule has 13 heavy (non-hydrogen) atoms. The summed E-state index contributed by atoms with van der Waals surface area (Å²) in [5, 5.41) is 8.54. The van der Waals surface area contributed by atoms with Gasteiger partial charge in [-0.15, -0.1) is 0 Å². The molecule has 0 saturated heterocycles. The topological polar surface area (TPSA) is 20.2 Å². The highest BCUT2D eigenvalue weighted by molar-refractivity contribution is 5.11. The van der Waals surface area contributed by atoms with E-state index in [1.165, 1.54) is 25.7 Å². The van der Waals surface area contributed by atoms with Crippen LogP contribution in [0, 0.1) is 11.8 Å². The Bertz CT molecular complexity index is 162. The average molecular weight is 180 g/mol. The van der Waals surface area contributed by atoms with Crippen molar-refractivity contribution in [3.63, 3.8) is 0 Å². The Hall–Kier alpha value is -0.740. The van der Waals surface area contributed by atoms with Crippen molar-refractivity contribution in [2.24, 2.45) is 0 Å². The number of aliphatic hydroxyl groups excluding tert-OH is 1. The fraction of sp³-hybridized carbons (Fsp3) is 0.667. The predicted octanol–water partition coefficient (Wildman–Crippen LogP) is 2.90. The van der Waals surface area contributed by atoms with Crippen LogP contribution in [0.25, 0.3) is 0 Å². The van der Waals surface area contributed by atoms with Gasteiger partial charge in [0.1, 0.15) is 0 Å². The van der Waals surface area contributed by atoms with Gasteiger partial charge in [-0.1, -0.05) is 44.1 Å². The van der Waals surface area contributed by atoms with Gasteiger partial charge < -0.3 is 5.11 Å². The third-order valence-electron chi connectivity index (χ3n) is 1.91. The van der Waals surface area contributed by atoms with Gasteiger partial charge in [0, 0.05) is 13.0 Å². The molecule has 0 aromatic rings. The molecule has 0 heterocycles. The lowest BCUT2D eigenvalue weighted by molar-refractivity contribution is 0.282. The van der Waals surface area contributed by atoms with E-state index in [9.17, 15) is 0 Å². The van der Waals surface area contributed by atoms with Gasteiger partial charge in [-0.25, -0.2) is 0 Å². The Morgan fingerprint density at radius 3 is 2.23 bits per heavy atom. The fourth-order valence-corrected chi connectivity index (χ4v) is 1.18. The van der Waals surface area contributed by atoms with Gasteiger partial charge in [-0.3, -0.25) is 0 Å². The molecule has 1 heteroatoms. The summed E-state index contributed by atoms with van der Waals surface area (Å²) in [5.41, 5.74) is 0. The van der Waals surface area contributed by atoms with Crippen molar-refractivity contribution >= 4 is 0 Å². The van der Waals surface area contributed by atoms with E-state index in [1.807, 2.05) is 0 Å². The highest BCUT2D eigenvalue weighted by Crippen LogP contribution is 2.06. The molecule has 0 atom stereocenters. The van der Waals surface area contributed by atoms with E-state index in [-0.39, 0.29) is 0 Å². The summed E-state index contributed by atoms with van der Waals surface area (Å²) in [5.74, 6) is 5.87. The normalized spacial score (nSPS) is 9.00. The van der Waals surface area contributed by atoms with Gasteiger partial charge in [-0.05, 0) is 18.9 Å². The summed E-state index contributed by atoms with van der Waals surface area (Å²) in [6.07, 6.45) is 9.72. The van der Waals surface area contributed by atoms with Crippen LogP contribution < -0.4 is 0 Å². The first kappa shape index (κ1) is 12.3. The third kappa shape index (κ3) is 11.3. The second-order valence-corrected chi connectivity index (χ2v) is 3.12. The maximum Gasteiger partial charge on any atom is 0.0431 e. The lowest BCUT2D eigenvalue weighted by Gasteiger charge is -1.97. The maximum absolute atomic E-state index is 8.54. The van der Waals surface area contributed by atoms with Gasteiger partial charge in [0.15, 0.2) is 0 Å². The molecular formula is C12H20O. The van der Waals surface area contributed by atoms with Crippen molar-refractivity contribution in [1.82, 2.24) is 0 Å². The number of hydrogen-bond acceptors (Lipinski definition) is 1. The van der Waals surface area contributed by atoms with E-state index in [4.69, 9.17) is 5.11 Å². The summed E-state index contributed by atoms with van der Waals surface area (Å²) in [6.45, 7) is 3.87. The van der Waals surface area contributed by atoms with Crippen LogP contribution in [0.3, 0.4) is 0 Å². The Morgan fingerprint density at radius 2 is 1.62 bits per heavy atom. The van der Waals surface area contributed by atoms with Crippen LogP contribution in [0.4, 0.5) is 0 Å². The minimum atomic E-state index is 0.338. The Kier molecular flexibility index (Phi) is 10.6. The Labute approximate surface area is 81.9 Å². The van der Waals surface area contributed by atoms with Crippen LogP contribution >= 0.6 is 0 Å². The molecule has 0 fully saturated rings. The molecule has 0 spiro atoms. The van der Waals surface area contributed by atoms with Crippen molar-refractivity contribution in [2.45, 2.75) is 44.9 Å². The zero-order valence-electron chi connectivity index (χ0n) is 8.39. The molecule has 0 radical (unpaired) electrons. The van der Waals surface area contributed by atoms with Crippen LogP contribution in [-0.4, -0.2) is 11.7 Å². The number of rotatable bonds is 7. The number of unbranched alkanes of at least 4 members (excludes halogenated alkanes) is 6. The summed E-state index contributed by atoms with van der Waals surface area (Å²) < 4.78 is 0. The number of aliphatic hydroxyl groups is 1. The Balaban J connectivity index is 2.95. The van der Waals surface area contributed by atoms with E-state index in [2.05, 4.69) is 18.4 Å². The summed E-state index contributed by atoms with van der Waals surface area (Å²) in [4.78, 5) is 0. The molecule has 0 aromatic carbocycles. The molecule has 1 N–H and O–H groups in total. The van der Waals surface area contributed by atoms with Gasteiger partial charge in [0.25, 0.3) is 0 Å². The second-order valence-electron chi connectivity index (χ2n) is 3.12. The van der Waals surface area contributed by atoms with Gasteiger partial charge in [0.05, 0.1) is 0 Å².